The minimum Gasteiger partial charge on any atom is -0.347 e. The second-order valence-electron chi connectivity index (χ2n) is 5.19. The molecule has 128 valence electrons. The van der Waals surface area contributed by atoms with Gasteiger partial charge in [0.2, 0.25) is 11.8 Å². The van der Waals surface area contributed by atoms with Crippen molar-refractivity contribution < 1.29 is 9.59 Å². The van der Waals surface area contributed by atoms with Crippen LogP contribution in [0.2, 0.25) is 0 Å². The van der Waals surface area contributed by atoms with Gasteiger partial charge in [-0.2, -0.15) is 0 Å². The molecule has 0 aliphatic carbocycles. The lowest BCUT2D eigenvalue weighted by Gasteiger charge is -2.10. The van der Waals surface area contributed by atoms with Crippen LogP contribution in [0, 0.1) is 10.9 Å². The van der Waals surface area contributed by atoms with E-state index in [0.29, 0.717) is 3.95 Å². The molecule has 0 fully saturated rings. The van der Waals surface area contributed by atoms with Gasteiger partial charge in [-0.05, 0) is 30.8 Å². The first-order chi connectivity index (χ1) is 11.4. The zero-order chi connectivity index (χ0) is 17.7. The Labute approximate surface area is 153 Å². The van der Waals surface area contributed by atoms with E-state index in [-0.39, 0.29) is 24.1 Å². The van der Waals surface area contributed by atoms with Crippen molar-refractivity contribution in [2.75, 3.05) is 26.4 Å². The molecule has 0 unspecified atom stereocenters. The van der Waals surface area contributed by atoms with E-state index in [0.717, 1.165) is 15.6 Å². The first kappa shape index (κ1) is 18.6. The number of aromatic nitrogens is 2. The lowest BCUT2D eigenvalue weighted by atomic mass is 10.2. The number of likely N-dealkylation sites (N-methyl/N-ethyl adjacent to an activating group) is 1. The molecule has 0 bridgehead atoms. The van der Waals surface area contributed by atoms with Gasteiger partial charge in [-0.15, -0.1) is 5.10 Å². The van der Waals surface area contributed by atoms with Crippen molar-refractivity contribution in [2.24, 2.45) is 0 Å². The van der Waals surface area contributed by atoms with Crippen molar-refractivity contribution in [1.29, 1.82) is 0 Å². The van der Waals surface area contributed by atoms with Crippen LogP contribution in [0.5, 0.6) is 0 Å². The Morgan fingerprint density at radius 3 is 2.75 bits per heavy atom. The van der Waals surface area contributed by atoms with Gasteiger partial charge in [0.25, 0.3) is 0 Å². The van der Waals surface area contributed by atoms with E-state index in [1.54, 1.807) is 18.8 Å². The average Bonchev–Trinajstić information content (AvgIpc) is 2.91. The Morgan fingerprint density at radius 1 is 1.38 bits per heavy atom. The van der Waals surface area contributed by atoms with Gasteiger partial charge in [-0.3, -0.25) is 9.59 Å². The predicted molar refractivity (Wildman–Crippen MR) is 99.4 cm³/mol. The minimum atomic E-state index is -0.209. The fourth-order valence-corrected chi connectivity index (χ4v) is 3.96. The molecule has 0 aliphatic rings. The molecule has 1 N–H and O–H groups in total. The SMILES string of the molecule is Cc1ccccc1-n1nc(SCC(=O)NCC(=O)N(C)C)sc1=S. The van der Waals surface area contributed by atoms with Gasteiger partial charge in [-0.25, -0.2) is 4.68 Å². The van der Waals surface area contributed by atoms with Crippen molar-refractivity contribution in [1.82, 2.24) is 20.0 Å². The molecule has 2 amide bonds. The molecule has 0 saturated heterocycles. The Morgan fingerprint density at radius 2 is 2.08 bits per heavy atom. The van der Waals surface area contributed by atoms with Crippen LogP contribution < -0.4 is 5.32 Å². The van der Waals surface area contributed by atoms with Crippen LogP contribution in [-0.2, 0) is 9.59 Å². The molecular formula is C15H18N4O2S3. The zero-order valence-electron chi connectivity index (χ0n) is 13.6. The third kappa shape index (κ3) is 4.89. The first-order valence-corrected chi connectivity index (χ1v) is 9.35. The number of para-hydroxylation sites is 1. The fourth-order valence-electron chi connectivity index (χ4n) is 1.78. The number of hydrogen-bond donors (Lipinski definition) is 1. The highest BCUT2D eigenvalue weighted by Gasteiger charge is 2.11. The van der Waals surface area contributed by atoms with E-state index in [4.69, 9.17) is 12.2 Å². The quantitative estimate of drug-likeness (QED) is 0.613. The normalized spacial score (nSPS) is 10.5. The highest BCUT2D eigenvalue weighted by Crippen LogP contribution is 2.24. The number of hydrogen-bond acceptors (Lipinski definition) is 6. The summed E-state index contributed by atoms with van der Waals surface area (Å²) in [6.07, 6.45) is 0. The second-order valence-corrected chi connectivity index (χ2v) is 8.03. The third-order valence-electron chi connectivity index (χ3n) is 3.14. The van der Waals surface area contributed by atoms with Crippen LogP contribution in [-0.4, -0.2) is 52.9 Å². The summed E-state index contributed by atoms with van der Waals surface area (Å²) in [4.78, 5) is 24.7. The van der Waals surface area contributed by atoms with Crippen molar-refractivity contribution >= 4 is 47.1 Å². The van der Waals surface area contributed by atoms with Crippen molar-refractivity contribution in [3.8, 4) is 5.69 Å². The smallest absolute Gasteiger partial charge is 0.241 e. The van der Waals surface area contributed by atoms with Crippen LogP contribution in [0.1, 0.15) is 5.56 Å². The van der Waals surface area contributed by atoms with Crippen LogP contribution in [0.25, 0.3) is 5.69 Å². The highest BCUT2D eigenvalue weighted by molar-refractivity contribution is 8.01. The van der Waals surface area contributed by atoms with Crippen molar-refractivity contribution in [3.63, 3.8) is 0 Å². The van der Waals surface area contributed by atoms with Crippen LogP contribution in [0.3, 0.4) is 0 Å². The molecular weight excluding hydrogens is 364 g/mol. The molecule has 0 aliphatic heterocycles. The lowest BCUT2D eigenvalue weighted by Crippen LogP contribution is -2.36. The van der Waals surface area contributed by atoms with Crippen molar-refractivity contribution in [2.45, 2.75) is 11.3 Å². The largest absolute Gasteiger partial charge is 0.347 e. The molecule has 9 heteroatoms. The Balaban J connectivity index is 1.96. The van der Waals surface area contributed by atoms with Gasteiger partial charge in [0.1, 0.15) is 0 Å². The van der Waals surface area contributed by atoms with Gasteiger partial charge in [0.15, 0.2) is 8.29 Å². The Hall–Kier alpha value is -1.71. The topological polar surface area (TPSA) is 67.2 Å². The monoisotopic (exact) mass is 382 g/mol. The molecule has 0 spiro atoms. The van der Waals surface area contributed by atoms with Crippen LogP contribution >= 0.6 is 35.3 Å². The number of thioether (sulfide) groups is 1. The van der Waals surface area contributed by atoms with Gasteiger partial charge >= 0.3 is 0 Å². The molecule has 6 nitrogen and oxygen atoms in total. The lowest BCUT2D eigenvalue weighted by molar-refractivity contribution is -0.130. The summed E-state index contributed by atoms with van der Waals surface area (Å²) in [5, 5.41) is 7.06. The fraction of sp³-hybridized carbons (Fsp3) is 0.333. The third-order valence-corrected chi connectivity index (χ3v) is 5.50. The van der Waals surface area contributed by atoms with E-state index in [2.05, 4.69) is 10.4 Å². The van der Waals surface area contributed by atoms with E-state index in [1.165, 1.54) is 28.0 Å². The standard InChI is InChI=1S/C15H18N4O2S3/c1-10-6-4-5-7-11(10)19-15(22)24-14(17-19)23-9-12(20)16-8-13(21)18(2)3/h4-7H,8-9H2,1-3H3,(H,16,20). The minimum absolute atomic E-state index is 0.000239. The van der Waals surface area contributed by atoms with E-state index >= 15 is 0 Å². The summed E-state index contributed by atoms with van der Waals surface area (Å²) in [6, 6.07) is 7.85. The maximum Gasteiger partial charge on any atom is 0.241 e. The molecule has 1 aromatic carbocycles. The number of aryl methyl sites for hydroxylation is 1. The van der Waals surface area contributed by atoms with Gasteiger partial charge in [-0.1, -0.05) is 41.3 Å². The van der Waals surface area contributed by atoms with Gasteiger partial charge in [0.05, 0.1) is 18.0 Å². The predicted octanol–water partition coefficient (Wildman–Crippen LogP) is 2.27. The van der Waals surface area contributed by atoms with E-state index in [9.17, 15) is 9.59 Å². The summed E-state index contributed by atoms with van der Waals surface area (Å²) in [5.74, 6) is -0.164. The number of carbonyl (C=O) groups is 2. The summed E-state index contributed by atoms with van der Waals surface area (Å²) >= 11 is 8.03. The van der Waals surface area contributed by atoms with Gasteiger partial charge in [0, 0.05) is 14.1 Å². The number of nitrogens with one attached hydrogen (secondary N) is 1. The molecule has 0 saturated carbocycles. The Bertz CT molecular complexity index is 798. The molecule has 0 radical (unpaired) electrons. The highest BCUT2D eigenvalue weighted by atomic mass is 32.2. The second kappa shape index (κ2) is 8.41. The van der Waals surface area contributed by atoms with Crippen molar-refractivity contribution in [3.05, 3.63) is 33.8 Å². The van der Waals surface area contributed by atoms with Gasteiger partial charge < -0.3 is 10.2 Å². The molecule has 24 heavy (non-hydrogen) atoms. The summed E-state index contributed by atoms with van der Waals surface area (Å²) in [7, 11) is 3.29. The number of benzene rings is 1. The maximum absolute atomic E-state index is 11.8. The average molecular weight is 383 g/mol. The van der Waals surface area contributed by atoms with E-state index < -0.39 is 0 Å². The van der Waals surface area contributed by atoms with Crippen LogP contribution in [0.15, 0.2) is 28.6 Å². The summed E-state index contributed by atoms with van der Waals surface area (Å²) in [5.41, 5.74) is 2.02. The molecule has 1 aromatic heterocycles. The number of carbonyl (C=O) groups excluding carboxylic acids is 2. The molecule has 2 rings (SSSR count). The molecule has 1 heterocycles. The summed E-state index contributed by atoms with van der Waals surface area (Å²) in [6.45, 7) is 2.00. The maximum atomic E-state index is 11.8. The zero-order valence-corrected chi connectivity index (χ0v) is 16.1. The number of amides is 2. The number of nitrogens with zero attached hydrogens (tertiary/aromatic N) is 3. The van der Waals surface area contributed by atoms with Crippen LogP contribution in [0.4, 0.5) is 0 Å². The summed E-state index contributed by atoms with van der Waals surface area (Å²) < 4.78 is 3.07. The molecule has 2 aromatic rings. The number of rotatable bonds is 6. The molecule has 0 atom stereocenters. The first-order valence-electron chi connectivity index (χ1n) is 7.14. The Kier molecular flexibility index (Phi) is 6.52. The van der Waals surface area contributed by atoms with E-state index in [1.807, 2.05) is 31.2 Å².